The molecule has 4 aliphatic rings. The van der Waals surface area contributed by atoms with Crippen LogP contribution < -0.4 is 0 Å². The number of benzene rings is 4. The smallest absolute Gasteiger partial charge is 0.0553 e. The summed E-state index contributed by atoms with van der Waals surface area (Å²) in [6, 6.07) is 31.4. The molecule has 0 aliphatic heterocycles. The summed E-state index contributed by atoms with van der Waals surface area (Å²) >= 11 is 0. The summed E-state index contributed by atoms with van der Waals surface area (Å²) in [6.45, 7) is 12.0. The third-order valence-electron chi connectivity index (χ3n) is 10.5. The highest BCUT2D eigenvalue weighted by molar-refractivity contribution is 6.15. The van der Waals surface area contributed by atoms with Gasteiger partial charge in [0.25, 0.3) is 0 Å². The van der Waals surface area contributed by atoms with Crippen LogP contribution in [0.2, 0.25) is 0 Å². The molecule has 0 saturated heterocycles. The number of rotatable bonds is 1. The lowest BCUT2D eigenvalue weighted by molar-refractivity contribution is 0.493. The monoisotopic (exact) mass is 541 g/mol. The predicted molar refractivity (Wildman–Crippen MR) is 178 cm³/mol. The molecule has 0 amide bonds. The van der Waals surface area contributed by atoms with E-state index in [9.17, 15) is 0 Å². The fraction of sp³-hybridized carbons (Fsp3) is 0.220. The topological polar surface area (TPSA) is 4.93 Å². The Balaban J connectivity index is 1.42. The van der Waals surface area contributed by atoms with Crippen molar-refractivity contribution in [3.63, 3.8) is 0 Å². The molecule has 1 heteroatoms. The summed E-state index contributed by atoms with van der Waals surface area (Å²) in [5.74, 6) is 0.656. The molecule has 1 heterocycles. The number of hydrogen-bond donors (Lipinski definition) is 0. The predicted octanol–water partition coefficient (Wildman–Crippen LogP) is 10.6. The molecule has 2 atom stereocenters. The van der Waals surface area contributed by atoms with Gasteiger partial charge in [0, 0.05) is 33.7 Å². The molecule has 0 saturated carbocycles. The summed E-state index contributed by atoms with van der Waals surface area (Å²) in [7, 11) is 0. The zero-order valence-corrected chi connectivity index (χ0v) is 25.0. The van der Waals surface area contributed by atoms with Crippen LogP contribution >= 0.6 is 0 Å². The van der Waals surface area contributed by atoms with Gasteiger partial charge < -0.3 is 4.57 Å². The van der Waals surface area contributed by atoms with Crippen LogP contribution in [-0.2, 0) is 5.41 Å². The van der Waals surface area contributed by atoms with Crippen molar-refractivity contribution in [3.8, 4) is 5.69 Å². The van der Waals surface area contributed by atoms with Crippen molar-refractivity contribution >= 4 is 39.5 Å². The third kappa shape index (κ3) is 2.94. The fourth-order valence-electron chi connectivity index (χ4n) is 8.67. The van der Waals surface area contributed by atoms with Gasteiger partial charge in [-0.25, -0.2) is 0 Å². The van der Waals surface area contributed by atoms with Crippen molar-refractivity contribution in [1.82, 2.24) is 4.57 Å². The number of nitrogens with zero attached hydrogens (tertiary/aromatic N) is 1. The third-order valence-corrected chi connectivity index (χ3v) is 10.5. The van der Waals surface area contributed by atoms with E-state index >= 15 is 0 Å². The highest BCUT2D eigenvalue weighted by Crippen LogP contribution is 2.63. The van der Waals surface area contributed by atoms with E-state index in [0.717, 1.165) is 0 Å². The Morgan fingerprint density at radius 3 is 2.33 bits per heavy atom. The van der Waals surface area contributed by atoms with E-state index in [1.54, 1.807) is 5.57 Å². The molecule has 0 N–H and O–H groups in total. The summed E-state index contributed by atoms with van der Waals surface area (Å²) in [5, 5.41) is 2.72. The second-order valence-corrected chi connectivity index (χ2v) is 14.1. The highest BCUT2D eigenvalue weighted by atomic mass is 15.0. The first-order valence-electron chi connectivity index (χ1n) is 15.4. The molecule has 2 unspecified atom stereocenters. The average molecular weight is 542 g/mol. The second-order valence-electron chi connectivity index (χ2n) is 14.1. The Morgan fingerprint density at radius 2 is 1.52 bits per heavy atom. The maximum atomic E-state index is 2.61. The van der Waals surface area contributed by atoms with E-state index in [0.29, 0.717) is 11.8 Å². The molecule has 42 heavy (non-hydrogen) atoms. The maximum Gasteiger partial charge on any atom is 0.0553 e. The van der Waals surface area contributed by atoms with Crippen LogP contribution in [0.3, 0.4) is 0 Å². The minimum atomic E-state index is -0.00561. The van der Waals surface area contributed by atoms with Crippen LogP contribution in [0, 0.1) is 11.3 Å². The van der Waals surface area contributed by atoms with E-state index in [1.807, 2.05) is 0 Å². The largest absolute Gasteiger partial charge is 0.309 e. The van der Waals surface area contributed by atoms with Crippen LogP contribution in [0.25, 0.3) is 45.2 Å². The van der Waals surface area contributed by atoms with Crippen LogP contribution in [-0.4, -0.2) is 4.57 Å². The van der Waals surface area contributed by atoms with Gasteiger partial charge in [0.1, 0.15) is 0 Å². The van der Waals surface area contributed by atoms with Crippen molar-refractivity contribution in [2.24, 2.45) is 11.3 Å². The molecular weight excluding hydrogens is 506 g/mol. The van der Waals surface area contributed by atoms with Crippen molar-refractivity contribution in [2.75, 3.05) is 0 Å². The quantitative estimate of drug-likeness (QED) is 0.199. The van der Waals surface area contributed by atoms with Gasteiger partial charge in [-0.05, 0) is 85.9 Å². The number of hydrogen-bond acceptors (Lipinski definition) is 0. The molecule has 0 fully saturated rings. The van der Waals surface area contributed by atoms with Crippen LogP contribution in [0.15, 0.2) is 114 Å². The summed E-state index contributed by atoms with van der Waals surface area (Å²) in [6.07, 6.45) is 10.1. The molecule has 4 aromatic carbocycles. The molecule has 4 aliphatic carbocycles. The number of aromatic nitrogens is 1. The molecule has 0 bridgehead atoms. The van der Waals surface area contributed by atoms with E-state index < -0.39 is 0 Å². The molecule has 0 spiro atoms. The van der Waals surface area contributed by atoms with E-state index in [4.69, 9.17) is 0 Å². The normalized spacial score (nSPS) is 21.3. The minimum absolute atomic E-state index is 0.00561. The van der Waals surface area contributed by atoms with E-state index in [1.165, 1.54) is 72.0 Å². The lowest BCUT2D eigenvalue weighted by Crippen LogP contribution is -2.30. The lowest BCUT2D eigenvalue weighted by Gasteiger charge is -2.44. The van der Waals surface area contributed by atoms with Gasteiger partial charge in [-0.3, -0.25) is 0 Å². The Bertz CT molecular complexity index is 2130. The molecule has 204 valence electrons. The Hall–Kier alpha value is -4.36. The first-order valence-corrected chi connectivity index (χ1v) is 15.4. The van der Waals surface area contributed by atoms with Gasteiger partial charge in [0.05, 0.1) is 11.0 Å². The van der Waals surface area contributed by atoms with Crippen LogP contribution in [0.4, 0.5) is 0 Å². The fourth-order valence-corrected chi connectivity index (χ4v) is 8.67. The molecule has 5 aromatic rings. The van der Waals surface area contributed by atoms with Gasteiger partial charge in [-0.1, -0.05) is 114 Å². The average Bonchev–Trinajstić information content (AvgIpc) is 3.44. The van der Waals surface area contributed by atoms with E-state index in [-0.39, 0.29) is 10.8 Å². The number of allylic oxidation sites excluding steroid dienone is 6. The van der Waals surface area contributed by atoms with Gasteiger partial charge in [0.15, 0.2) is 0 Å². The zero-order valence-electron chi connectivity index (χ0n) is 25.0. The van der Waals surface area contributed by atoms with Gasteiger partial charge in [0.2, 0.25) is 0 Å². The summed E-state index contributed by atoms with van der Waals surface area (Å²) in [4.78, 5) is 0. The second kappa shape index (κ2) is 7.92. The van der Waals surface area contributed by atoms with Crippen molar-refractivity contribution < 1.29 is 0 Å². The van der Waals surface area contributed by atoms with Gasteiger partial charge >= 0.3 is 0 Å². The maximum absolute atomic E-state index is 2.61. The lowest BCUT2D eigenvalue weighted by atomic mass is 9.59. The molecule has 1 aromatic heterocycles. The Kier molecular flexibility index (Phi) is 4.58. The van der Waals surface area contributed by atoms with Gasteiger partial charge in [-0.2, -0.15) is 0 Å². The summed E-state index contributed by atoms with van der Waals surface area (Å²) < 4.78 is 2.47. The van der Waals surface area contributed by atoms with Crippen LogP contribution in [0.5, 0.6) is 0 Å². The number of fused-ring (bicyclic) bond motifs is 7. The summed E-state index contributed by atoms with van der Waals surface area (Å²) in [5.41, 5.74) is 17.0. The SMILES string of the molecule is CC(C)(C)C1=Cc2c3c(cc4c2c2ccccc2n4-c2ccccc2)C=CC2C4=C(C=C1C32)C(C)(C)c1ccccc14. The number of para-hydroxylation sites is 2. The molecule has 0 radical (unpaired) electrons. The highest BCUT2D eigenvalue weighted by Gasteiger charge is 2.48. The molecular formula is C41H35N. The van der Waals surface area contributed by atoms with Crippen molar-refractivity contribution in [2.45, 2.75) is 46.0 Å². The first-order chi connectivity index (χ1) is 20.2. The standard InChI is InChI=1S/C41H35N/c1-40(2,3)32-23-30-36-24(21-35-38(30)27-16-10-12-18-34(27)42(35)25-13-7-6-8-14-25)19-20-28-37-26-15-9-11-17-31(26)41(4,5)33(37)22-29(32)39(28)36/h6-23,28,39H,1-5H3. The molecule has 1 nitrogen and oxygen atoms in total. The Labute approximate surface area is 248 Å². The zero-order chi connectivity index (χ0) is 28.5. The first kappa shape index (κ1) is 24.3. The van der Waals surface area contributed by atoms with Crippen LogP contribution in [0.1, 0.15) is 68.4 Å². The van der Waals surface area contributed by atoms with E-state index in [2.05, 4.69) is 148 Å². The Morgan fingerprint density at radius 1 is 0.786 bits per heavy atom. The van der Waals surface area contributed by atoms with Crippen molar-refractivity contribution in [3.05, 3.63) is 142 Å². The van der Waals surface area contributed by atoms with Crippen molar-refractivity contribution in [1.29, 1.82) is 0 Å². The molecule has 9 rings (SSSR count). The van der Waals surface area contributed by atoms with Gasteiger partial charge in [-0.15, -0.1) is 0 Å². The minimum Gasteiger partial charge on any atom is -0.309 e.